The van der Waals surface area contributed by atoms with E-state index in [-0.39, 0.29) is 5.54 Å². The molecular weight excluding hydrogens is 244 g/mol. The molecule has 1 unspecified atom stereocenters. The summed E-state index contributed by atoms with van der Waals surface area (Å²) in [5.74, 6) is 0.460. The van der Waals surface area contributed by atoms with Gasteiger partial charge in [-0.1, -0.05) is 18.5 Å². The highest BCUT2D eigenvalue weighted by molar-refractivity contribution is 6.32. The number of anilines is 1. The van der Waals surface area contributed by atoms with E-state index in [4.69, 9.17) is 16.9 Å². The van der Waals surface area contributed by atoms with Gasteiger partial charge in [0.1, 0.15) is 6.07 Å². The van der Waals surface area contributed by atoms with E-state index in [1.807, 2.05) is 12.1 Å². The van der Waals surface area contributed by atoms with Gasteiger partial charge in [-0.15, -0.1) is 0 Å². The fraction of sp³-hybridized carbons (Fsp3) is 0.533. The lowest BCUT2D eigenvalue weighted by atomic mass is 9.79. The summed E-state index contributed by atoms with van der Waals surface area (Å²) >= 11 is 6.18. The summed E-state index contributed by atoms with van der Waals surface area (Å²) in [6.45, 7) is 9.87. The third kappa shape index (κ3) is 1.97. The summed E-state index contributed by atoms with van der Waals surface area (Å²) in [4.78, 5) is 2.38. The van der Waals surface area contributed by atoms with Crippen molar-refractivity contribution in [3.63, 3.8) is 0 Å². The predicted molar refractivity (Wildman–Crippen MR) is 76.3 cm³/mol. The van der Waals surface area contributed by atoms with Crippen molar-refractivity contribution >= 4 is 17.3 Å². The molecule has 0 amide bonds. The molecule has 0 saturated heterocycles. The summed E-state index contributed by atoms with van der Waals surface area (Å²) in [5.41, 5.74) is 3.15. The van der Waals surface area contributed by atoms with Crippen LogP contribution in [0.15, 0.2) is 12.1 Å². The topological polar surface area (TPSA) is 27.0 Å². The zero-order chi connectivity index (χ0) is 13.5. The van der Waals surface area contributed by atoms with E-state index >= 15 is 0 Å². The summed E-state index contributed by atoms with van der Waals surface area (Å²) < 4.78 is 0. The zero-order valence-corrected chi connectivity index (χ0v) is 12.2. The predicted octanol–water partition coefficient (Wildman–Crippen LogP) is 4.32. The van der Waals surface area contributed by atoms with Crippen LogP contribution in [0.3, 0.4) is 0 Å². The molecule has 1 heterocycles. The number of rotatable bonds is 1. The second-order valence-corrected chi connectivity index (χ2v) is 6.07. The molecule has 0 fully saturated rings. The lowest BCUT2D eigenvalue weighted by Gasteiger charge is -2.47. The molecular formula is C15H19ClN2. The SMILES string of the molecule is CCN1c2cc(Cl)c(C#N)cc2C(C)CC1(C)C. The van der Waals surface area contributed by atoms with Gasteiger partial charge in [-0.3, -0.25) is 0 Å². The number of hydrogen-bond acceptors (Lipinski definition) is 2. The summed E-state index contributed by atoms with van der Waals surface area (Å²) in [7, 11) is 0. The molecule has 1 atom stereocenters. The number of fused-ring (bicyclic) bond motifs is 1. The van der Waals surface area contributed by atoms with Crippen molar-refractivity contribution in [1.29, 1.82) is 5.26 Å². The van der Waals surface area contributed by atoms with Gasteiger partial charge in [0.25, 0.3) is 0 Å². The van der Waals surface area contributed by atoms with Crippen LogP contribution in [0, 0.1) is 11.3 Å². The molecule has 0 saturated carbocycles. The molecule has 0 N–H and O–H groups in total. The van der Waals surface area contributed by atoms with Gasteiger partial charge in [-0.25, -0.2) is 0 Å². The molecule has 1 aromatic carbocycles. The zero-order valence-electron chi connectivity index (χ0n) is 11.4. The maximum atomic E-state index is 9.08. The van der Waals surface area contributed by atoms with Crippen molar-refractivity contribution < 1.29 is 0 Å². The summed E-state index contributed by atoms with van der Waals surface area (Å²) in [6, 6.07) is 6.08. The average molecular weight is 263 g/mol. The minimum absolute atomic E-state index is 0.138. The lowest BCUT2D eigenvalue weighted by molar-refractivity contribution is 0.381. The molecule has 0 aliphatic carbocycles. The monoisotopic (exact) mass is 262 g/mol. The number of benzene rings is 1. The van der Waals surface area contributed by atoms with Gasteiger partial charge in [0.05, 0.1) is 10.6 Å². The third-order valence-corrected chi connectivity index (χ3v) is 4.22. The largest absolute Gasteiger partial charge is 0.366 e. The van der Waals surface area contributed by atoms with Crippen LogP contribution in [0.25, 0.3) is 0 Å². The highest BCUT2D eigenvalue weighted by Gasteiger charge is 2.35. The van der Waals surface area contributed by atoms with Crippen molar-refractivity contribution in [3.05, 3.63) is 28.3 Å². The number of nitrogens with zero attached hydrogens (tertiary/aromatic N) is 2. The molecule has 2 nitrogen and oxygen atoms in total. The first-order chi connectivity index (χ1) is 8.40. The summed E-state index contributed by atoms with van der Waals surface area (Å²) in [5, 5.41) is 9.64. The molecule has 0 bridgehead atoms. The van der Waals surface area contributed by atoms with Gasteiger partial charge < -0.3 is 4.90 Å². The maximum absolute atomic E-state index is 9.08. The molecule has 18 heavy (non-hydrogen) atoms. The van der Waals surface area contributed by atoms with Crippen LogP contribution < -0.4 is 4.90 Å². The van der Waals surface area contributed by atoms with E-state index in [2.05, 4.69) is 38.7 Å². The van der Waals surface area contributed by atoms with E-state index in [0.717, 1.165) is 13.0 Å². The molecule has 0 spiro atoms. The van der Waals surface area contributed by atoms with Gasteiger partial charge >= 0.3 is 0 Å². The van der Waals surface area contributed by atoms with Crippen LogP contribution in [0.1, 0.15) is 51.2 Å². The van der Waals surface area contributed by atoms with E-state index in [1.54, 1.807) is 0 Å². The normalized spacial score (nSPS) is 21.3. The summed E-state index contributed by atoms with van der Waals surface area (Å²) in [6.07, 6.45) is 1.10. The van der Waals surface area contributed by atoms with Crippen LogP contribution in [0.4, 0.5) is 5.69 Å². The Hall–Kier alpha value is -1.20. The Kier molecular flexibility index (Phi) is 3.29. The molecule has 96 valence electrons. The van der Waals surface area contributed by atoms with Crippen LogP contribution in [-0.2, 0) is 0 Å². The van der Waals surface area contributed by atoms with Crippen LogP contribution >= 0.6 is 11.6 Å². The van der Waals surface area contributed by atoms with Crippen molar-refractivity contribution in [1.82, 2.24) is 0 Å². The Morgan fingerprint density at radius 3 is 2.72 bits per heavy atom. The smallest absolute Gasteiger partial charge is 0.101 e. The van der Waals surface area contributed by atoms with Crippen LogP contribution in [-0.4, -0.2) is 12.1 Å². The van der Waals surface area contributed by atoms with Crippen molar-refractivity contribution in [3.8, 4) is 6.07 Å². The Morgan fingerprint density at radius 2 is 2.17 bits per heavy atom. The van der Waals surface area contributed by atoms with E-state index < -0.39 is 0 Å². The van der Waals surface area contributed by atoms with Gasteiger partial charge in [-0.05, 0) is 50.8 Å². The van der Waals surface area contributed by atoms with Crippen molar-refractivity contribution in [2.24, 2.45) is 0 Å². The van der Waals surface area contributed by atoms with Crippen LogP contribution in [0.2, 0.25) is 5.02 Å². The minimum Gasteiger partial charge on any atom is -0.366 e. The van der Waals surface area contributed by atoms with E-state index in [9.17, 15) is 0 Å². The molecule has 0 radical (unpaired) electrons. The third-order valence-electron chi connectivity index (χ3n) is 3.91. The molecule has 1 aromatic rings. The second kappa shape index (κ2) is 4.48. The molecule has 3 heteroatoms. The first-order valence-electron chi connectivity index (χ1n) is 6.42. The molecule has 1 aliphatic heterocycles. The minimum atomic E-state index is 0.138. The highest BCUT2D eigenvalue weighted by atomic mass is 35.5. The van der Waals surface area contributed by atoms with Crippen molar-refractivity contribution in [2.45, 2.75) is 45.6 Å². The van der Waals surface area contributed by atoms with Gasteiger partial charge in [0.2, 0.25) is 0 Å². The van der Waals surface area contributed by atoms with Gasteiger partial charge in [0.15, 0.2) is 0 Å². The van der Waals surface area contributed by atoms with Gasteiger partial charge in [0, 0.05) is 17.8 Å². The Balaban J connectivity index is 2.63. The van der Waals surface area contributed by atoms with Gasteiger partial charge in [-0.2, -0.15) is 5.26 Å². The number of hydrogen-bond donors (Lipinski definition) is 0. The second-order valence-electron chi connectivity index (χ2n) is 5.66. The van der Waals surface area contributed by atoms with E-state index in [1.165, 1.54) is 11.3 Å². The van der Waals surface area contributed by atoms with Crippen LogP contribution in [0.5, 0.6) is 0 Å². The lowest BCUT2D eigenvalue weighted by Crippen LogP contribution is -2.48. The highest BCUT2D eigenvalue weighted by Crippen LogP contribution is 2.44. The maximum Gasteiger partial charge on any atom is 0.101 e. The number of halogens is 1. The quantitative estimate of drug-likeness (QED) is 0.753. The van der Waals surface area contributed by atoms with E-state index in [0.29, 0.717) is 16.5 Å². The fourth-order valence-electron chi connectivity index (χ4n) is 3.19. The molecule has 2 rings (SSSR count). The first kappa shape index (κ1) is 13.2. The first-order valence-corrected chi connectivity index (χ1v) is 6.79. The average Bonchev–Trinajstić information content (AvgIpc) is 2.27. The standard InChI is InChI=1S/C15H19ClN2/c1-5-18-14-7-13(16)11(9-17)6-12(14)10(2)8-15(18,3)4/h6-7,10H,5,8H2,1-4H3. The van der Waals surface area contributed by atoms with Crippen molar-refractivity contribution in [2.75, 3.05) is 11.4 Å². The Bertz CT molecular complexity index is 514. The Morgan fingerprint density at radius 1 is 1.50 bits per heavy atom. The number of nitriles is 1. The molecule has 0 aromatic heterocycles. The Labute approximate surface area is 114 Å². The fourth-order valence-corrected chi connectivity index (χ4v) is 3.39. The molecule has 1 aliphatic rings.